The second-order valence-electron chi connectivity index (χ2n) is 4.77. The number of nitrogens with one attached hydrogen (secondary N) is 2. The van der Waals surface area contributed by atoms with Gasteiger partial charge in [0.25, 0.3) is 0 Å². The highest BCUT2D eigenvalue weighted by Gasteiger charge is 2.21. The highest BCUT2D eigenvalue weighted by molar-refractivity contribution is 5.80. The molecule has 0 heterocycles. The second-order valence-corrected chi connectivity index (χ2v) is 4.77. The smallest absolute Gasteiger partial charge is 0.191 e. The van der Waals surface area contributed by atoms with Gasteiger partial charge < -0.3 is 10.6 Å². The first-order valence-electron chi connectivity index (χ1n) is 6.97. The Balaban J connectivity index is 1.70. The number of rotatable bonds is 6. The molecule has 0 bridgehead atoms. The molecule has 18 heavy (non-hydrogen) atoms. The first-order chi connectivity index (χ1) is 8.88. The lowest BCUT2D eigenvalue weighted by molar-refractivity contribution is 0.782. The number of guanidine groups is 1. The number of benzene rings is 1. The Bertz CT molecular complexity index is 369. The van der Waals surface area contributed by atoms with Gasteiger partial charge in [-0.05, 0) is 38.2 Å². The Morgan fingerprint density at radius 1 is 1.28 bits per heavy atom. The van der Waals surface area contributed by atoms with Gasteiger partial charge in [0.2, 0.25) is 0 Å². The highest BCUT2D eigenvalue weighted by atomic mass is 15.2. The molecule has 1 aromatic rings. The summed E-state index contributed by atoms with van der Waals surface area (Å²) in [6.07, 6.45) is 4.78. The zero-order valence-corrected chi connectivity index (χ0v) is 11.2. The van der Waals surface area contributed by atoms with Crippen LogP contribution >= 0.6 is 0 Å². The van der Waals surface area contributed by atoms with Crippen molar-refractivity contribution in [2.45, 2.75) is 38.6 Å². The molecule has 2 N–H and O–H groups in total. The van der Waals surface area contributed by atoms with E-state index >= 15 is 0 Å². The maximum Gasteiger partial charge on any atom is 0.191 e. The number of aliphatic imine (C=N–C) groups is 1. The normalized spacial score (nSPS) is 15.5. The summed E-state index contributed by atoms with van der Waals surface area (Å²) in [5.74, 6) is 0.980. The van der Waals surface area contributed by atoms with Crippen molar-refractivity contribution in [1.29, 1.82) is 0 Å². The van der Waals surface area contributed by atoms with E-state index in [0.29, 0.717) is 6.04 Å². The third kappa shape index (κ3) is 4.78. The van der Waals surface area contributed by atoms with Crippen LogP contribution in [0.1, 0.15) is 31.7 Å². The minimum atomic E-state index is 0.664. The lowest BCUT2D eigenvalue weighted by Crippen LogP contribution is -2.38. The van der Waals surface area contributed by atoms with E-state index in [1.807, 2.05) is 0 Å². The lowest BCUT2D eigenvalue weighted by Gasteiger charge is -2.09. The number of aryl methyl sites for hydroxylation is 1. The van der Waals surface area contributed by atoms with Crippen LogP contribution in [0.3, 0.4) is 0 Å². The molecule has 1 aromatic carbocycles. The van der Waals surface area contributed by atoms with E-state index in [9.17, 15) is 0 Å². The molecule has 1 saturated carbocycles. The average molecular weight is 245 g/mol. The van der Waals surface area contributed by atoms with Crippen molar-refractivity contribution < 1.29 is 0 Å². The van der Waals surface area contributed by atoms with Gasteiger partial charge in [0.1, 0.15) is 0 Å². The SMILES string of the molecule is CCNC(=NCCCc1ccccc1)NC1CC1. The summed E-state index contributed by atoms with van der Waals surface area (Å²) in [5, 5.41) is 6.72. The van der Waals surface area contributed by atoms with Gasteiger partial charge in [0.15, 0.2) is 5.96 Å². The van der Waals surface area contributed by atoms with Crippen LogP contribution in [0.15, 0.2) is 35.3 Å². The summed E-state index contributed by atoms with van der Waals surface area (Å²) in [5.41, 5.74) is 1.40. The van der Waals surface area contributed by atoms with Crippen molar-refractivity contribution in [2.24, 2.45) is 4.99 Å². The molecule has 0 amide bonds. The summed E-state index contributed by atoms with van der Waals surface area (Å²) in [6.45, 7) is 3.92. The zero-order chi connectivity index (χ0) is 12.6. The molecular formula is C15H23N3. The van der Waals surface area contributed by atoms with E-state index in [-0.39, 0.29) is 0 Å². The van der Waals surface area contributed by atoms with Gasteiger partial charge in [-0.2, -0.15) is 0 Å². The van der Waals surface area contributed by atoms with E-state index in [4.69, 9.17) is 0 Å². The van der Waals surface area contributed by atoms with Crippen molar-refractivity contribution in [3.63, 3.8) is 0 Å². The van der Waals surface area contributed by atoms with Crippen LogP contribution in [-0.2, 0) is 6.42 Å². The largest absolute Gasteiger partial charge is 0.357 e. The van der Waals surface area contributed by atoms with Gasteiger partial charge in [-0.1, -0.05) is 30.3 Å². The fraction of sp³-hybridized carbons (Fsp3) is 0.533. The van der Waals surface area contributed by atoms with E-state index in [1.165, 1.54) is 18.4 Å². The summed E-state index contributed by atoms with van der Waals surface area (Å²) < 4.78 is 0. The summed E-state index contributed by atoms with van der Waals surface area (Å²) >= 11 is 0. The van der Waals surface area contributed by atoms with Gasteiger partial charge in [0, 0.05) is 19.1 Å². The minimum absolute atomic E-state index is 0.664. The molecule has 0 aromatic heterocycles. The maximum absolute atomic E-state index is 4.60. The molecule has 1 fully saturated rings. The Labute approximate surface area is 110 Å². The van der Waals surface area contributed by atoms with Crippen molar-refractivity contribution >= 4 is 5.96 Å². The molecule has 3 heteroatoms. The monoisotopic (exact) mass is 245 g/mol. The molecule has 0 unspecified atom stereocenters. The topological polar surface area (TPSA) is 36.4 Å². The first kappa shape index (κ1) is 12.9. The van der Waals surface area contributed by atoms with Crippen LogP contribution in [0.4, 0.5) is 0 Å². The fourth-order valence-corrected chi connectivity index (χ4v) is 1.86. The van der Waals surface area contributed by atoms with Crippen molar-refractivity contribution in [3.8, 4) is 0 Å². The Hall–Kier alpha value is -1.51. The molecule has 0 saturated heterocycles. The molecule has 3 nitrogen and oxygen atoms in total. The van der Waals surface area contributed by atoms with Crippen LogP contribution in [0.25, 0.3) is 0 Å². The van der Waals surface area contributed by atoms with Crippen molar-refractivity contribution in [2.75, 3.05) is 13.1 Å². The third-order valence-electron chi connectivity index (χ3n) is 3.00. The lowest BCUT2D eigenvalue weighted by atomic mass is 10.1. The summed E-state index contributed by atoms with van der Waals surface area (Å²) in [6, 6.07) is 11.3. The zero-order valence-electron chi connectivity index (χ0n) is 11.2. The molecular weight excluding hydrogens is 222 g/mol. The van der Waals surface area contributed by atoms with Crippen LogP contribution in [0.5, 0.6) is 0 Å². The Morgan fingerprint density at radius 2 is 2.06 bits per heavy atom. The highest BCUT2D eigenvalue weighted by Crippen LogP contribution is 2.18. The molecule has 1 aliphatic carbocycles. The quantitative estimate of drug-likeness (QED) is 0.458. The molecule has 0 spiro atoms. The van der Waals surface area contributed by atoms with Crippen molar-refractivity contribution in [1.82, 2.24) is 10.6 Å². The fourth-order valence-electron chi connectivity index (χ4n) is 1.86. The standard InChI is InChI=1S/C15H23N3/c1-2-16-15(18-14-10-11-14)17-12-6-9-13-7-4-3-5-8-13/h3-5,7-8,14H,2,6,9-12H2,1H3,(H2,16,17,18). The first-order valence-corrected chi connectivity index (χ1v) is 6.97. The summed E-state index contributed by atoms with van der Waals surface area (Å²) in [7, 11) is 0. The van der Waals surface area contributed by atoms with Gasteiger partial charge in [0.05, 0.1) is 0 Å². The van der Waals surface area contributed by atoms with Gasteiger partial charge in [-0.3, -0.25) is 4.99 Å². The second kappa shape index (κ2) is 7.04. The van der Waals surface area contributed by atoms with Crippen LogP contribution in [-0.4, -0.2) is 25.1 Å². The van der Waals surface area contributed by atoms with Gasteiger partial charge in [-0.25, -0.2) is 0 Å². The Morgan fingerprint density at radius 3 is 2.72 bits per heavy atom. The predicted octanol–water partition coefficient (Wildman–Crippen LogP) is 2.34. The number of nitrogens with zero attached hydrogens (tertiary/aromatic N) is 1. The Kier molecular flexibility index (Phi) is 5.06. The van der Waals surface area contributed by atoms with Crippen molar-refractivity contribution in [3.05, 3.63) is 35.9 Å². The van der Waals surface area contributed by atoms with Crippen LogP contribution in [0.2, 0.25) is 0 Å². The van der Waals surface area contributed by atoms with E-state index in [0.717, 1.165) is 31.9 Å². The van der Waals surface area contributed by atoms with E-state index in [1.54, 1.807) is 0 Å². The predicted molar refractivity (Wildman–Crippen MR) is 76.9 cm³/mol. The van der Waals surface area contributed by atoms with E-state index < -0.39 is 0 Å². The molecule has 0 aliphatic heterocycles. The van der Waals surface area contributed by atoms with Crippen LogP contribution in [0, 0.1) is 0 Å². The molecule has 0 radical (unpaired) electrons. The molecule has 1 aliphatic rings. The van der Waals surface area contributed by atoms with E-state index in [2.05, 4.69) is 52.9 Å². The number of hydrogen-bond donors (Lipinski definition) is 2. The third-order valence-corrected chi connectivity index (χ3v) is 3.00. The van der Waals surface area contributed by atoms with Gasteiger partial charge in [-0.15, -0.1) is 0 Å². The molecule has 0 atom stereocenters. The molecule has 2 rings (SSSR count). The number of hydrogen-bond acceptors (Lipinski definition) is 1. The minimum Gasteiger partial charge on any atom is -0.357 e. The van der Waals surface area contributed by atoms with Gasteiger partial charge >= 0.3 is 0 Å². The molecule has 98 valence electrons. The van der Waals surface area contributed by atoms with Crippen LogP contribution < -0.4 is 10.6 Å². The average Bonchev–Trinajstić information content (AvgIpc) is 3.20. The maximum atomic E-state index is 4.60. The summed E-state index contributed by atoms with van der Waals surface area (Å²) in [4.78, 5) is 4.60.